The van der Waals surface area contributed by atoms with Gasteiger partial charge in [0.25, 0.3) is 0 Å². The third-order valence-corrected chi connectivity index (χ3v) is 4.59. The number of rotatable bonds is 3. The van der Waals surface area contributed by atoms with Crippen molar-refractivity contribution in [1.82, 2.24) is 14.7 Å². The maximum Gasteiger partial charge on any atom is 0.321 e. The van der Waals surface area contributed by atoms with E-state index in [0.717, 1.165) is 30.0 Å². The van der Waals surface area contributed by atoms with E-state index in [-0.39, 0.29) is 12.1 Å². The van der Waals surface area contributed by atoms with Crippen LogP contribution in [-0.4, -0.2) is 47.0 Å². The van der Waals surface area contributed by atoms with Gasteiger partial charge in [0, 0.05) is 26.4 Å². The SMILES string of the molecule is CO[C@@H]1CN(C(=O)Nc2ccccc2-n2ccc(C)n2)CC[C@@H]1C. The van der Waals surface area contributed by atoms with Crippen molar-refractivity contribution < 1.29 is 9.53 Å². The molecular formula is C18H24N4O2. The molecule has 0 bridgehead atoms. The number of ether oxygens (including phenoxy) is 1. The lowest BCUT2D eigenvalue weighted by Crippen LogP contribution is -2.48. The molecule has 2 heterocycles. The van der Waals surface area contributed by atoms with Crippen LogP contribution < -0.4 is 5.32 Å². The molecule has 128 valence electrons. The molecule has 1 aliphatic heterocycles. The van der Waals surface area contributed by atoms with Crippen LogP contribution in [0.2, 0.25) is 0 Å². The molecule has 3 rings (SSSR count). The van der Waals surface area contributed by atoms with E-state index in [1.54, 1.807) is 11.8 Å². The number of para-hydroxylation sites is 2. The Morgan fingerprint density at radius 2 is 2.12 bits per heavy atom. The Bertz CT molecular complexity index is 713. The first-order chi connectivity index (χ1) is 11.6. The molecule has 1 aromatic heterocycles. The molecule has 1 N–H and O–H groups in total. The van der Waals surface area contributed by atoms with Crippen molar-refractivity contribution in [2.45, 2.75) is 26.4 Å². The van der Waals surface area contributed by atoms with E-state index in [1.165, 1.54) is 0 Å². The summed E-state index contributed by atoms with van der Waals surface area (Å²) in [6, 6.07) is 9.52. The fraction of sp³-hybridized carbons (Fsp3) is 0.444. The maximum atomic E-state index is 12.7. The second-order valence-electron chi connectivity index (χ2n) is 6.34. The molecule has 0 saturated carbocycles. The number of piperidine rings is 1. The Morgan fingerprint density at radius 3 is 2.83 bits per heavy atom. The molecule has 6 heteroatoms. The Kier molecular flexibility index (Phi) is 4.85. The minimum absolute atomic E-state index is 0.0912. The molecule has 1 saturated heterocycles. The number of benzene rings is 1. The van der Waals surface area contributed by atoms with Gasteiger partial charge in [-0.3, -0.25) is 0 Å². The second kappa shape index (κ2) is 7.05. The van der Waals surface area contributed by atoms with E-state index < -0.39 is 0 Å². The third kappa shape index (κ3) is 3.43. The Labute approximate surface area is 142 Å². The van der Waals surface area contributed by atoms with E-state index in [4.69, 9.17) is 4.74 Å². The third-order valence-electron chi connectivity index (χ3n) is 4.59. The summed E-state index contributed by atoms with van der Waals surface area (Å²) < 4.78 is 7.27. The fourth-order valence-electron chi connectivity index (χ4n) is 3.05. The lowest BCUT2D eigenvalue weighted by molar-refractivity contribution is 0.00896. The molecule has 1 fully saturated rings. The number of nitrogens with zero attached hydrogens (tertiary/aromatic N) is 3. The molecule has 2 atom stereocenters. The fourth-order valence-corrected chi connectivity index (χ4v) is 3.05. The first-order valence-corrected chi connectivity index (χ1v) is 8.29. The van der Waals surface area contributed by atoms with E-state index in [9.17, 15) is 4.79 Å². The zero-order valence-electron chi connectivity index (χ0n) is 14.4. The summed E-state index contributed by atoms with van der Waals surface area (Å²) in [7, 11) is 1.71. The number of aromatic nitrogens is 2. The van der Waals surface area contributed by atoms with Gasteiger partial charge in [0.05, 0.1) is 23.2 Å². The molecule has 0 aliphatic carbocycles. The average molecular weight is 328 g/mol. The van der Waals surface area contributed by atoms with Gasteiger partial charge in [-0.1, -0.05) is 19.1 Å². The van der Waals surface area contributed by atoms with E-state index in [0.29, 0.717) is 12.5 Å². The molecule has 1 aliphatic rings. The van der Waals surface area contributed by atoms with Gasteiger partial charge >= 0.3 is 6.03 Å². The van der Waals surface area contributed by atoms with Crippen LogP contribution >= 0.6 is 0 Å². The number of hydrogen-bond acceptors (Lipinski definition) is 3. The number of likely N-dealkylation sites (tertiary alicyclic amines) is 1. The summed E-state index contributed by atoms with van der Waals surface area (Å²) in [5.41, 5.74) is 2.54. The summed E-state index contributed by atoms with van der Waals surface area (Å²) in [6.07, 6.45) is 2.93. The molecule has 0 spiro atoms. The average Bonchev–Trinajstić information content (AvgIpc) is 3.02. The van der Waals surface area contributed by atoms with Crippen molar-refractivity contribution in [3.8, 4) is 5.69 Å². The van der Waals surface area contributed by atoms with Crippen LogP contribution in [0.3, 0.4) is 0 Å². The van der Waals surface area contributed by atoms with E-state index in [1.807, 2.05) is 48.4 Å². The van der Waals surface area contributed by atoms with Crippen LogP contribution in [0, 0.1) is 12.8 Å². The predicted octanol–water partition coefficient (Wildman–Crippen LogP) is 3.07. The molecule has 24 heavy (non-hydrogen) atoms. The molecule has 2 amide bonds. The number of carbonyl (C=O) groups is 1. The number of anilines is 1. The second-order valence-corrected chi connectivity index (χ2v) is 6.34. The molecule has 1 aromatic carbocycles. The van der Waals surface area contributed by atoms with Crippen LogP contribution in [0.15, 0.2) is 36.5 Å². The van der Waals surface area contributed by atoms with Gasteiger partial charge in [-0.25, -0.2) is 9.48 Å². The van der Waals surface area contributed by atoms with E-state index >= 15 is 0 Å². The van der Waals surface area contributed by atoms with Crippen molar-refractivity contribution in [2.24, 2.45) is 5.92 Å². The number of amides is 2. The highest BCUT2D eigenvalue weighted by molar-refractivity contribution is 5.91. The quantitative estimate of drug-likeness (QED) is 0.942. The number of methoxy groups -OCH3 is 1. The smallest absolute Gasteiger partial charge is 0.321 e. The minimum Gasteiger partial charge on any atom is -0.379 e. The van der Waals surface area contributed by atoms with Gasteiger partial charge < -0.3 is 15.0 Å². The van der Waals surface area contributed by atoms with Crippen LogP contribution in [0.5, 0.6) is 0 Å². The lowest BCUT2D eigenvalue weighted by Gasteiger charge is -2.36. The van der Waals surface area contributed by atoms with Crippen LogP contribution in [-0.2, 0) is 4.74 Å². The zero-order chi connectivity index (χ0) is 17.1. The zero-order valence-corrected chi connectivity index (χ0v) is 14.4. The van der Waals surface area contributed by atoms with Crippen LogP contribution in [0.1, 0.15) is 19.0 Å². The standard InChI is InChI=1S/C18H24N4O2/c1-13-8-10-21(12-17(13)24-3)18(23)19-15-6-4-5-7-16(15)22-11-9-14(2)20-22/h4-7,9,11,13,17H,8,10,12H2,1-3H3,(H,19,23)/t13-,17+/m0/s1. The molecule has 0 unspecified atom stereocenters. The Morgan fingerprint density at radius 1 is 1.33 bits per heavy atom. The highest BCUT2D eigenvalue weighted by atomic mass is 16.5. The monoisotopic (exact) mass is 328 g/mol. The van der Waals surface area contributed by atoms with Crippen molar-refractivity contribution in [1.29, 1.82) is 0 Å². The first kappa shape index (κ1) is 16.5. The van der Waals surface area contributed by atoms with Crippen molar-refractivity contribution in [3.05, 3.63) is 42.2 Å². The maximum absolute atomic E-state index is 12.7. The highest BCUT2D eigenvalue weighted by Gasteiger charge is 2.29. The lowest BCUT2D eigenvalue weighted by atomic mass is 9.96. The van der Waals surface area contributed by atoms with E-state index in [2.05, 4.69) is 17.3 Å². The van der Waals surface area contributed by atoms with Crippen molar-refractivity contribution in [2.75, 3.05) is 25.5 Å². The van der Waals surface area contributed by atoms with Crippen LogP contribution in [0.25, 0.3) is 5.69 Å². The molecular weight excluding hydrogens is 304 g/mol. The van der Waals surface area contributed by atoms with Gasteiger partial charge in [0.2, 0.25) is 0 Å². The number of urea groups is 1. The topological polar surface area (TPSA) is 59.4 Å². The summed E-state index contributed by atoms with van der Waals surface area (Å²) >= 11 is 0. The van der Waals surface area contributed by atoms with Gasteiger partial charge in [-0.15, -0.1) is 0 Å². The Hall–Kier alpha value is -2.34. The normalized spacial score (nSPS) is 20.9. The van der Waals surface area contributed by atoms with Crippen molar-refractivity contribution >= 4 is 11.7 Å². The molecule has 2 aromatic rings. The molecule has 0 radical (unpaired) electrons. The van der Waals surface area contributed by atoms with Gasteiger partial charge in [-0.05, 0) is 37.5 Å². The van der Waals surface area contributed by atoms with Gasteiger partial charge in [0.1, 0.15) is 0 Å². The number of nitrogens with one attached hydrogen (secondary N) is 1. The predicted molar refractivity (Wildman–Crippen MR) is 93.5 cm³/mol. The summed E-state index contributed by atoms with van der Waals surface area (Å²) in [5, 5.41) is 7.45. The van der Waals surface area contributed by atoms with Gasteiger partial charge in [0.15, 0.2) is 0 Å². The summed E-state index contributed by atoms with van der Waals surface area (Å²) in [6.45, 7) is 5.47. The van der Waals surface area contributed by atoms with Crippen LogP contribution in [0.4, 0.5) is 10.5 Å². The van der Waals surface area contributed by atoms with Gasteiger partial charge in [-0.2, -0.15) is 5.10 Å². The first-order valence-electron chi connectivity index (χ1n) is 8.29. The van der Waals surface area contributed by atoms with Crippen molar-refractivity contribution in [3.63, 3.8) is 0 Å². The highest BCUT2D eigenvalue weighted by Crippen LogP contribution is 2.23. The summed E-state index contributed by atoms with van der Waals surface area (Å²) in [4.78, 5) is 14.5. The number of aryl methyl sites for hydroxylation is 1. The number of hydrogen-bond donors (Lipinski definition) is 1. The summed E-state index contributed by atoms with van der Waals surface area (Å²) in [5.74, 6) is 0.471. The minimum atomic E-state index is -0.0970. The number of carbonyl (C=O) groups excluding carboxylic acids is 1. The largest absolute Gasteiger partial charge is 0.379 e. The Balaban J connectivity index is 1.75. The molecule has 6 nitrogen and oxygen atoms in total.